The topological polar surface area (TPSA) is 299 Å². The SMILES string of the molecule is C.C.C.C.C.C.CC(C)(C)Oc1cc(Cl)cc(N2CC(N)C2)c1.CC(C)(C)Oc1cc(N)cc(C#N)c1.CC(C)(C)Oc1ccc2c(N3CCOCC3)ccnc2c1.CC(C)(C)Oc1ccc[n+]([O-])c1.CC(C)(C)Oc1cnc(=O)[nH]c1.COc1cc(OC(C)(C)C)cnc1OC.Cc1ncc(OC(C)(C)C)cn1. The maximum Gasteiger partial charge on any atom is 0.345 e. The van der Waals surface area contributed by atoms with Crippen molar-refractivity contribution in [1.29, 1.82) is 5.26 Å². The molecule has 610 valence electrons. The molecule has 2 fully saturated rings. The third-order valence-corrected chi connectivity index (χ3v) is 12.8. The van der Waals surface area contributed by atoms with E-state index in [9.17, 15) is 10.0 Å². The third kappa shape index (κ3) is 43.3. The molecule has 10 rings (SSSR count). The van der Waals surface area contributed by atoms with Crippen LogP contribution in [0.3, 0.4) is 0 Å². The van der Waals surface area contributed by atoms with Crippen LogP contribution in [0.5, 0.6) is 51.9 Å². The lowest BCUT2D eigenvalue weighted by atomic mass is 10.1. The number of hydrogen-bond donors (Lipinski definition) is 3. The van der Waals surface area contributed by atoms with E-state index >= 15 is 0 Å². The zero-order valence-corrected chi connectivity index (χ0v) is 65.7. The van der Waals surface area contributed by atoms with Gasteiger partial charge >= 0.3 is 5.69 Å². The number of rotatable bonds is 11. The quantitative estimate of drug-likeness (QED) is 0.0616. The molecule has 0 amide bonds. The summed E-state index contributed by atoms with van der Waals surface area (Å²) in [5.41, 5.74) is 13.7. The Labute approximate surface area is 659 Å². The highest BCUT2D eigenvalue weighted by atomic mass is 35.5. The molecule has 0 unspecified atom stereocenters. The lowest BCUT2D eigenvalue weighted by molar-refractivity contribution is -0.605. The zero-order chi connectivity index (χ0) is 77.3. The Morgan fingerprint density at radius 1 is 0.560 bits per heavy atom. The molecule has 2 saturated heterocycles. The first-order valence-electron chi connectivity index (χ1n) is 33.9. The normalized spacial score (nSPS) is 12.4. The summed E-state index contributed by atoms with van der Waals surface area (Å²) in [5, 5.41) is 21.4. The minimum Gasteiger partial charge on any atom is -0.619 e. The lowest BCUT2D eigenvalue weighted by Gasteiger charge is -2.39. The zero-order valence-electron chi connectivity index (χ0n) is 64.9. The third-order valence-electron chi connectivity index (χ3n) is 12.6. The van der Waals surface area contributed by atoms with E-state index in [2.05, 4.69) is 72.6 Å². The Morgan fingerprint density at radius 2 is 1.05 bits per heavy atom. The summed E-state index contributed by atoms with van der Waals surface area (Å²) >= 11 is 6.10. The number of nitriles is 1. The number of benzene rings is 3. The number of anilines is 3. The molecule has 8 aromatic rings. The Bertz CT molecular complexity index is 3980. The number of pyridine rings is 3. The van der Waals surface area contributed by atoms with E-state index in [4.69, 9.17) is 75.7 Å². The van der Waals surface area contributed by atoms with Crippen molar-refractivity contribution >= 4 is 39.6 Å². The highest BCUT2D eigenvalue weighted by Gasteiger charge is 2.25. The Kier molecular flexibility index (Phi) is 43.8. The first-order chi connectivity index (χ1) is 47.6. The second-order valence-electron chi connectivity index (χ2n) is 30.8. The molecule has 2 aliphatic rings. The highest BCUT2D eigenvalue weighted by Crippen LogP contribution is 2.34. The van der Waals surface area contributed by atoms with Gasteiger partial charge < -0.3 is 78.8 Å². The number of methoxy groups -OCH3 is 2. The maximum atomic E-state index is 10.8. The molecule has 0 atom stereocenters. The molecular weight excluding hydrogens is 1400 g/mol. The number of fused-ring (bicyclic) bond motifs is 1. The van der Waals surface area contributed by atoms with Gasteiger partial charge in [0.1, 0.15) is 68.0 Å². The predicted octanol–water partition coefficient (Wildman–Crippen LogP) is 18.7. The molecule has 0 spiro atoms. The van der Waals surface area contributed by atoms with E-state index in [0.717, 1.165) is 72.7 Å². The summed E-state index contributed by atoms with van der Waals surface area (Å²) in [6.07, 6.45) is 12.6. The largest absolute Gasteiger partial charge is 0.619 e. The van der Waals surface area contributed by atoms with Crippen molar-refractivity contribution in [2.75, 3.05) is 69.1 Å². The average Bonchev–Trinajstić information content (AvgIpc) is 0.804. The molecule has 2 aliphatic heterocycles. The van der Waals surface area contributed by atoms with Crippen LogP contribution in [0.1, 0.15) is 201 Å². The first-order valence-corrected chi connectivity index (χ1v) is 34.3. The Hall–Kier alpha value is -9.57. The molecule has 5 aromatic heterocycles. The molecule has 25 heteroatoms. The van der Waals surface area contributed by atoms with Crippen molar-refractivity contribution in [3.05, 3.63) is 161 Å². The van der Waals surface area contributed by atoms with E-state index in [1.165, 1.54) is 35.9 Å². The summed E-state index contributed by atoms with van der Waals surface area (Å²) < 4.78 is 55.7. The van der Waals surface area contributed by atoms with Gasteiger partial charge in [-0.25, -0.2) is 19.7 Å². The molecule has 5 N–H and O–H groups in total. The fourth-order valence-electron chi connectivity index (χ4n) is 9.07. The number of nitrogens with two attached hydrogens (primary N) is 2. The molecule has 7 heterocycles. The number of aromatic nitrogens is 7. The van der Waals surface area contributed by atoms with Crippen LogP contribution in [0.25, 0.3) is 10.9 Å². The number of aromatic amines is 1. The molecule has 0 radical (unpaired) electrons. The highest BCUT2D eigenvalue weighted by molar-refractivity contribution is 6.31. The van der Waals surface area contributed by atoms with Crippen LogP contribution in [0.2, 0.25) is 5.02 Å². The van der Waals surface area contributed by atoms with Crippen LogP contribution in [-0.4, -0.2) is 129 Å². The summed E-state index contributed by atoms with van der Waals surface area (Å²) in [5.74, 6) is 6.64. The number of aryl methyl sites for hydroxylation is 1. The molecule has 24 nitrogen and oxygen atoms in total. The van der Waals surface area contributed by atoms with Crippen molar-refractivity contribution < 1.29 is 52.1 Å². The number of ether oxygens (including phenoxy) is 10. The minimum atomic E-state index is -0.365. The van der Waals surface area contributed by atoms with Crippen LogP contribution in [0.4, 0.5) is 17.1 Å². The molecule has 0 aliphatic carbocycles. The number of nitrogens with one attached hydrogen (secondary N) is 1. The second kappa shape index (κ2) is 46.1. The summed E-state index contributed by atoms with van der Waals surface area (Å²) in [6.45, 7) is 48.6. The van der Waals surface area contributed by atoms with Gasteiger partial charge in [0.05, 0.1) is 69.4 Å². The van der Waals surface area contributed by atoms with Gasteiger partial charge in [-0.05, 0) is 201 Å². The summed E-state index contributed by atoms with van der Waals surface area (Å²) in [4.78, 5) is 37.7. The van der Waals surface area contributed by atoms with E-state index in [1.54, 1.807) is 69.2 Å². The van der Waals surface area contributed by atoms with E-state index in [-0.39, 0.29) is 95.5 Å². The number of nitrogen functional groups attached to an aromatic ring is 1. The fraction of sp³-hybridized carbons (Fsp3) is 0.524. The smallest absolute Gasteiger partial charge is 0.345 e. The predicted molar refractivity (Wildman–Crippen MR) is 449 cm³/mol. The monoisotopic (exact) mass is 1540 g/mol. The maximum absolute atomic E-state index is 10.8. The van der Waals surface area contributed by atoms with Gasteiger partial charge in [-0.15, -0.1) is 0 Å². The van der Waals surface area contributed by atoms with Crippen LogP contribution >= 0.6 is 11.6 Å². The van der Waals surface area contributed by atoms with Crippen LogP contribution in [-0.2, 0) is 4.74 Å². The van der Waals surface area contributed by atoms with Crippen LogP contribution in [0, 0.1) is 23.5 Å². The molecule has 109 heavy (non-hydrogen) atoms. The van der Waals surface area contributed by atoms with Gasteiger partial charge in [-0.3, -0.25) is 4.98 Å². The second-order valence-corrected chi connectivity index (χ2v) is 31.3. The van der Waals surface area contributed by atoms with E-state index in [0.29, 0.717) is 56.7 Å². The summed E-state index contributed by atoms with van der Waals surface area (Å²) in [7, 11) is 3.12. The first kappa shape index (κ1) is 104. The Morgan fingerprint density at radius 3 is 1.53 bits per heavy atom. The van der Waals surface area contributed by atoms with Gasteiger partial charge in [0.2, 0.25) is 6.20 Å². The van der Waals surface area contributed by atoms with Gasteiger partial charge in [0.25, 0.3) is 5.88 Å². The number of morpholine rings is 1. The van der Waals surface area contributed by atoms with Crippen molar-refractivity contribution in [2.45, 2.75) is 242 Å². The van der Waals surface area contributed by atoms with E-state index < -0.39 is 0 Å². The van der Waals surface area contributed by atoms with Crippen molar-refractivity contribution in [2.24, 2.45) is 5.73 Å². The Balaban J connectivity index is -0.00000120. The molecular formula is C84H135ClN12O12. The van der Waals surface area contributed by atoms with Crippen molar-refractivity contribution in [1.82, 2.24) is 29.9 Å². The van der Waals surface area contributed by atoms with Crippen molar-refractivity contribution in [3.8, 4) is 57.9 Å². The lowest BCUT2D eigenvalue weighted by Crippen LogP contribution is -2.55. The number of hydrogen-bond acceptors (Lipinski definition) is 22. The van der Waals surface area contributed by atoms with Crippen molar-refractivity contribution in [3.63, 3.8) is 0 Å². The number of H-pyrrole nitrogens is 1. The van der Waals surface area contributed by atoms with Gasteiger partial charge in [0, 0.05) is 102 Å². The van der Waals surface area contributed by atoms with Gasteiger partial charge in [0.15, 0.2) is 29.2 Å². The van der Waals surface area contributed by atoms with Gasteiger partial charge in [-0.2, -0.15) is 15.0 Å². The summed E-state index contributed by atoms with van der Waals surface area (Å²) in [6, 6.07) is 26.6. The molecule has 0 bridgehead atoms. The molecule has 0 saturated carbocycles. The number of nitrogens with zero attached hydrogens (tertiary/aromatic N) is 9. The van der Waals surface area contributed by atoms with Crippen LogP contribution < -0.4 is 74.3 Å². The van der Waals surface area contributed by atoms with Crippen LogP contribution in [0.15, 0.2) is 133 Å². The number of halogens is 1. The van der Waals surface area contributed by atoms with E-state index in [1.807, 2.05) is 174 Å². The molecule has 3 aromatic carbocycles. The fourth-order valence-corrected chi connectivity index (χ4v) is 9.29. The standard InChI is InChI=1S/C17H22N2O2.C13H19ClN2O.C11H14N2O.C11H17NO3.C9H14N2O.C9H13NO2.C8H12N2O2.6CH4/c1-17(2,3)21-13-4-5-14-15(12-13)18-7-6-16(14)19-8-10-20-11-9-19;1-13(2,3)17-12-5-9(14)4-11(6-12)16-7-10(15)8-16;1-11(2,3)14-10-5-8(7-12)4-9(13)6-10;1-11(2,3)15-8-6-9(13-4)10(14-5)12-7-8;1-7-10-5-8(6-11-7)12-9(2,3)4;1-9(2,3)12-8-5-4-6-10(11)7-8;1-8(2,3)12-6-4-9-7(11)10-5-6;;;;;;/h4-7,12H,8-11H2,1-3H3;4-6,10H,7-8,15H2,1-3H3;4-6H,13H2,1-3H3;6-7H,1-5H3;5-6H,1-4H3;4-7H,1-3H3;4-5H,1-3H3,(H,9,10,11);6*1H4. The van der Waals surface area contributed by atoms with Gasteiger partial charge in [-0.1, -0.05) is 56.2 Å². The average molecular weight is 1540 g/mol. The minimum absolute atomic E-state index is 0.